The molecule has 1 rings (SSSR count). The van der Waals surface area contributed by atoms with E-state index in [1.54, 1.807) is 0 Å². The van der Waals surface area contributed by atoms with Crippen LogP contribution in [0.4, 0.5) is 4.39 Å². The van der Waals surface area contributed by atoms with E-state index in [0.717, 1.165) is 13.0 Å². The maximum Gasteiger partial charge on any atom is 0.0962 e. The number of piperidine rings is 1. The molecule has 0 aromatic carbocycles. The van der Waals surface area contributed by atoms with Gasteiger partial charge >= 0.3 is 0 Å². The average molecular weight is 175 g/mol. The summed E-state index contributed by atoms with van der Waals surface area (Å²) in [4.78, 5) is 0. The Morgan fingerprint density at radius 1 is 1.58 bits per heavy atom. The Morgan fingerprint density at radius 2 is 2.25 bits per heavy atom. The fourth-order valence-electron chi connectivity index (χ4n) is 1.92. The molecule has 2 N–H and O–H groups in total. The summed E-state index contributed by atoms with van der Waals surface area (Å²) in [6.45, 7) is 4.35. The van der Waals surface area contributed by atoms with Crippen molar-refractivity contribution in [1.29, 1.82) is 0 Å². The first-order valence-electron chi connectivity index (χ1n) is 4.68. The molecule has 0 spiro atoms. The van der Waals surface area contributed by atoms with Crippen LogP contribution >= 0.6 is 0 Å². The minimum Gasteiger partial charge on any atom is -0.392 e. The molecule has 0 aromatic heterocycles. The van der Waals surface area contributed by atoms with Crippen molar-refractivity contribution >= 4 is 0 Å². The lowest BCUT2D eigenvalue weighted by atomic mass is 9.82. The zero-order valence-electron chi connectivity index (χ0n) is 7.76. The van der Waals surface area contributed by atoms with E-state index in [1.807, 2.05) is 13.8 Å². The van der Waals surface area contributed by atoms with Gasteiger partial charge in [0.05, 0.1) is 12.8 Å². The number of hydrogen-bond donors (Lipinski definition) is 2. The van der Waals surface area contributed by atoms with Crippen molar-refractivity contribution in [1.82, 2.24) is 5.32 Å². The van der Waals surface area contributed by atoms with Gasteiger partial charge in [0, 0.05) is 18.5 Å². The molecule has 0 aromatic rings. The molecule has 2 nitrogen and oxygen atoms in total. The van der Waals surface area contributed by atoms with E-state index in [4.69, 9.17) is 0 Å². The van der Waals surface area contributed by atoms with Crippen LogP contribution in [0.25, 0.3) is 0 Å². The SMILES string of the molecule is CC[C@@H]1NC[C@@H](C)[C@H](O)[C@H]1CF. The van der Waals surface area contributed by atoms with Crippen molar-refractivity contribution in [2.24, 2.45) is 11.8 Å². The molecular formula is C9H18FNO. The van der Waals surface area contributed by atoms with Crippen molar-refractivity contribution in [2.45, 2.75) is 32.4 Å². The summed E-state index contributed by atoms with van der Waals surface area (Å²) in [6, 6.07) is 0.154. The number of alkyl halides is 1. The molecule has 0 saturated carbocycles. The number of hydrogen-bond acceptors (Lipinski definition) is 2. The summed E-state index contributed by atoms with van der Waals surface area (Å²) >= 11 is 0. The molecule has 12 heavy (non-hydrogen) atoms. The molecule has 0 amide bonds. The summed E-state index contributed by atoms with van der Waals surface area (Å²) in [5.41, 5.74) is 0. The second-order valence-corrected chi connectivity index (χ2v) is 3.71. The van der Waals surface area contributed by atoms with Crippen LogP contribution in [0, 0.1) is 11.8 Å². The summed E-state index contributed by atoms with van der Waals surface area (Å²) in [6.07, 6.45) is 0.416. The first kappa shape index (κ1) is 9.93. The number of nitrogens with one attached hydrogen (secondary N) is 1. The van der Waals surface area contributed by atoms with Gasteiger partial charge in [-0.25, -0.2) is 0 Å². The van der Waals surface area contributed by atoms with Gasteiger partial charge in [-0.05, 0) is 12.3 Å². The van der Waals surface area contributed by atoms with Gasteiger partial charge in [0.2, 0.25) is 0 Å². The third-order valence-electron chi connectivity index (χ3n) is 2.86. The highest BCUT2D eigenvalue weighted by atomic mass is 19.1. The normalized spacial score (nSPS) is 43.0. The maximum atomic E-state index is 12.5. The Kier molecular flexibility index (Phi) is 3.47. The lowest BCUT2D eigenvalue weighted by molar-refractivity contribution is -0.000717. The zero-order chi connectivity index (χ0) is 9.14. The highest BCUT2D eigenvalue weighted by Crippen LogP contribution is 2.23. The van der Waals surface area contributed by atoms with Crippen molar-refractivity contribution in [3.63, 3.8) is 0 Å². The van der Waals surface area contributed by atoms with Gasteiger partial charge in [0.25, 0.3) is 0 Å². The molecule has 0 unspecified atom stereocenters. The monoisotopic (exact) mass is 175 g/mol. The number of halogens is 1. The summed E-state index contributed by atoms with van der Waals surface area (Å²) in [7, 11) is 0. The van der Waals surface area contributed by atoms with Crippen LogP contribution in [-0.4, -0.2) is 30.5 Å². The van der Waals surface area contributed by atoms with Gasteiger partial charge in [0.1, 0.15) is 0 Å². The van der Waals surface area contributed by atoms with Crippen LogP contribution in [-0.2, 0) is 0 Å². The summed E-state index contributed by atoms with van der Waals surface area (Å²) in [5.74, 6) is -0.0349. The van der Waals surface area contributed by atoms with Crippen molar-refractivity contribution < 1.29 is 9.50 Å². The van der Waals surface area contributed by atoms with Gasteiger partial charge in [-0.2, -0.15) is 0 Å². The highest BCUT2D eigenvalue weighted by molar-refractivity contribution is 4.89. The maximum absolute atomic E-state index is 12.5. The Bertz CT molecular complexity index is 140. The molecule has 4 atom stereocenters. The molecule has 1 fully saturated rings. The van der Waals surface area contributed by atoms with Crippen LogP contribution < -0.4 is 5.32 Å². The van der Waals surface area contributed by atoms with Gasteiger partial charge < -0.3 is 10.4 Å². The Balaban J connectivity index is 2.58. The van der Waals surface area contributed by atoms with Gasteiger partial charge in [0.15, 0.2) is 0 Å². The highest BCUT2D eigenvalue weighted by Gasteiger charge is 2.34. The van der Waals surface area contributed by atoms with Crippen LogP contribution in [0.1, 0.15) is 20.3 Å². The first-order chi connectivity index (χ1) is 5.70. The van der Waals surface area contributed by atoms with Crippen LogP contribution in [0.3, 0.4) is 0 Å². The number of aliphatic hydroxyl groups is 1. The minimum atomic E-state index is -0.471. The predicted molar refractivity (Wildman–Crippen MR) is 46.7 cm³/mol. The van der Waals surface area contributed by atoms with Crippen LogP contribution in [0.5, 0.6) is 0 Å². The third-order valence-corrected chi connectivity index (χ3v) is 2.86. The Hall–Kier alpha value is -0.150. The molecule has 0 radical (unpaired) electrons. The van der Waals surface area contributed by atoms with E-state index >= 15 is 0 Å². The van der Waals surface area contributed by atoms with E-state index < -0.39 is 12.8 Å². The van der Waals surface area contributed by atoms with E-state index in [2.05, 4.69) is 5.32 Å². The molecule has 1 aliphatic heterocycles. The molecule has 0 bridgehead atoms. The molecule has 0 aliphatic carbocycles. The zero-order valence-corrected chi connectivity index (χ0v) is 7.76. The van der Waals surface area contributed by atoms with E-state index in [1.165, 1.54) is 0 Å². The van der Waals surface area contributed by atoms with Gasteiger partial charge in [-0.15, -0.1) is 0 Å². The molecular weight excluding hydrogens is 157 g/mol. The van der Waals surface area contributed by atoms with E-state index in [9.17, 15) is 9.50 Å². The van der Waals surface area contributed by atoms with E-state index in [-0.39, 0.29) is 17.9 Å². The molecule has 1 aliphatic rings. The lowest BCUT2D eigenvalue weighted by Crippen LogP contribution is -2.53. The second kappa shape index (κ2) is 4.19. The Labute approximate surface area is 73.2 Å². The van der Waals surface area contributed by atoms with Gasteiger partial charge in [-0.1, -0.05) is 13.8 Å². The third kappa shape index (κ3) is 1.77. The van der Waals surface area contributed by atoms with Gasteiger partial charge in [-0.3, -0.25) is 4.39 Å². The molecule has 3 heteroatoms. The average Bonchev–Trinajstić information content (AvgIpc) is 2.09. The largest absolute Gasteiger partial charge is 0.392 e. The fraction of sp³-hybridized carbons (Fsp3) is 1.00. The molecule has 1 saturated heterocycles. The van der Waals surface area contributed by atoms with Crippen molar-refractivity contribution in [3.05, 3.63) is 0 Å². The minimum absolute atomic E-state index is 0.154. The number of rotatable bonds is 2. The lowest BCUT2D eigenvalue weighted by Gasteiger charge is -2.38. The summed E-state index contributed by atoms with van der Waals surface area (Å²) < 4.78 is 12.5. The standard InChI is InChI=1S/C9H18FNO/c1-3-8-7(4-10)9(12)6(2)5-11-8/h6-9,11-12H,3-5H2,1-2H3/t6-,7+,8+,9+/m1/s1. The molecule has 1 heterocycles. The fourth-order valence-corrected chi connectivity index (χ4v) is 1.92. The van der Waals surface area contributed by atoms with Crippen LogP contribution in [0.15, 0.2) is 0 Å². The first-order valence-corrected chi connectivity index (χ1v) is 4.68. The topological polar surface area (TPSA) is 32.3 Å². The van der Waals surface area contributed by atoms with Crippen molar-refractivity contribution in [2.75, 3.05) is 13.2 Å². The van der Waals surface area contributed by atoms with Crippen LogP contribution in [0.2, 0.25) is 0 Å². The quantitative estimate of drug-likeness (QED) is 0.655. The van der Waals surface area contributed by atoms with E-state index in [0.29, 0.717) is 0 Å². The predicted octanol–water partition coefficient (Wildman–Crippen LogP) is 0.951. The molecule has 72 valence electrons. The Morgan fingerprint density at radius 3 is 2.75 bits per heavy atom. The van der Waals surface area contributed by atoms with Crippen molar-refractivity contribution in [3.8, 4) is 0 Å². The smallest absolute Gasteiger partial charge is 0.0962 e. The second-order valence-electron chi connectivity index (χ2n) is 3.71. The summed E-state index contributed by atoms with van der Waals surface area (Å²) in [5, 5.41) is 12.9. The number of aliphatic hydroxyl groups excluding tert-OH is 1.